The lowest BCUT2D eigenvalue weighted by Crippen LogP contribution is -2.32. The Morgan fingerprint density at radius 2 is 2.24 bits per heavy atom. The van der Waals surface area contributed by atoms with Gasteiger partial charge in [0.2, 0.25) is 0 Å². The highest BCUT2D eigenvalue weighted by Crippen LogP contribution is 2.19. The largest absolute Gasteiger partial charge is 0.388 e. The van der Waals surface area contributed by atoms with Crippen molar-refractivity contribution in [3.05, 3.63) is 29.8 Å². The average molecular weight is 237 g/mol. The van der Waals surface area contributed by atoms with Gasteiger partial charge in [0.05, 0.1) is 32.0 Å². The number of anilines is 1. The third kappa shape index (κ3) is 3.19. The highest BCUT2D eigenvalue weighted by Gasteiger charge is 2.26. The molecule has 0 spiro atoms. The maximum absolute atomic E-state index is 9.71. The number of methoxy groups -OCH3 is 1. The Kier molecular flexibility index (Phi) is 4.36. The van der Waals surface area contributed by atoms with Crippen LogP contribution in [0, 0.1) is 0 Å². The van der Waals surface area contributed by atoms with Crippen molar-refractivity contribution in [1.29, 1.82) is 0 Å². The lowest BCUT2D eigenvalue weighted by Gasteiger charge is -2.18. The van der Waals surface area contributed by atoms with E-state index < -0.39 is 6.10 Å². The highest BCUT2D eigenvalue weighted by atomic mass is 16.5. The van der Waals surface area contributed by atoms with E-state index in [0.717, 1.165) is 12.1 Å². The number of benzene rings is 1. The van der Waals surface area contributed by atoms with E-state index in [2.05, 4.69) is 11.4 Å². The molecular weight excluding hydrogens is 218 g/mol. The fraction of sp³-hybridized carbons (Fsp3) is 0.538. The number of para-hydroxylation sites is 1. The summed E-state index contributed by atoms with van der Waals surface area (Å²) in [5.74, 6) is 0. The minimum Gasteiger partial charge on any atom is -0.388 e. The zero-order valence-corrected chi connectivity index (χ0v) is 10.1. The van der Waals surface area contributed by atoms with Crippen molar-refractivity contribution in [2.24, 2.45) is 0 Å². The SMILES string of the molecule is COCCc1ccccc1NC1COCC1O. The average Bonchev–Trinajstić information content (AvgIpc) is 2.74. The first-order chi connectivity index (χ1) is 8.31. The summed E-state index contributed by atoms with van der Waals surface area (Å²) in [4.78, 5) is 0. The van der Waals surface area contributed by atoms with Crippen LogP contribution in [0.2, 0.25) is 0 Å². The van der Waals surface area contributed by atoms with Crippen LogP contribution >= 0.6 is 0 Å². The summed E-state index contributed by atoms with van der Waals surface area (Å²) >= 11 is 0. The molecular formula is C13H19NO3. The van der Waals surface area contributed by atoms with Crippen LogP contribution in [0.15, 0.2) is 24.3 Å². The third-order valence-electron chi connectivity index (χ3n) is 2.98. The van der Waals surface area contributed by atoms with Crippen molar-refractivity contribution < 1.29 is 14.6 Å². The molecule has 2 N–H and O–H groups in total. The molecule has 94 valence electrons. The van der Waals surface area contributed by atoms with Gasteiger partial charge in [0.25, 0.3) is 0 Å². The maximum Gasteiger partial charge on any atom is 0.0996 e. The molecule has 0 bridgehead atoms. The fourth-order valence-electron chi connectivity index (χ4n) is 1.97. The number of aliphatic hydroxyl groups is 1. The van der Waals surface area contributed by atoms with Gasteiger partial charge in [0, 0.05) is 12.8 Å². The fourth-order valence-corrected chi connectivity index (χ4v) is 1.97. The Balaban J connectivity index is 2.03. The van der Waals surface area contributed by atoms with Crippen LogP contribution in [0.4, 0.5) is 5.69 Å². The van der Waals surface area contributed by atoms with Gasteiger partial charge in [-0.2, -0.15) is 0 Å². The summed E-state index contributed by atoms with van der Waals surface area (Å²) in [5.41, 5.74) is 2.26. The highest BCUT2D eigenvalue weighted by molar-refractivity contribution is 5.52. The molecule has 0 amide bonds. The van der Waals surface area contributed by atoms with Crippen LogP contribution in [0.5, 0.6) is 0 Å². The zero-order chi connectivity index (χ0) is 12.1. The number of hydrogen-bond donors (Lipinski definition) is 2. The second-order valence-electron chi connectivity index (χ2n) is 4.26. The maximum atomic E-state index is 9.71. The van der Waals surface area contributed by atoms with Crippen LogP contribution in [0.25, 0.3) is 0 Å². The van der Waals surface area contributed by atoms with Gasteiger partial charge in [-0.15, -0.1) is 0 Å². The van der Waals surface area contributed by atoms with Crippen molar-refractivity contribution >= 4 is 5.69 Å². The van der Waals surface area contributed by atoms with Crippen LogP contribution in [0.1, 0.15) is 5.56 Å². The summed E-state index contributed by atoms with van der Waals surface area (Å²) < 4.78 is 10.3. The first-order valence-electron chi connectivity index (χ1n) is 5.90. The van der Waals surface area contributed by atoms with E-state index in [0.29, 0.717) is 19.8 Å². The Labute approximate surface area is 102 Å². The van der Waals surface area contributed by atoms with Crippen molar-refractivity contribution in [3.8, 4) is 0 Å². The number of aliphatic hydroxyl groups excluding tert-OH is 1. The van der Waals surface area contributed by atoms with Gasteiger partial charge >= 0.3 is 0 Å². The molecule has 0 radical (unpaired) electrons. The molecule has 2 rings (SSSR count). The molecule has 2 atom stereocenters. The van der Waals surface area contributed by atoms with Gasteiger partial charge in [-0.1, -0.05) is 18.2 Å². The van der Waals surface area contributed by atoms with Gasteiger partial charge in [0.1, 0.15) is 0 Å². The second kappa shape index (κ2) is 6.00. The zero-order valence-electron chi connectivity index (χ0n) is 10.1. The van der Waals surface area contributed by atoms with E-state index in [-0.39, 0.29) is 6.04 Å². The number of rotatable bonds is 5. The topological polar surface area (TPSA) is 50.7 Å². The molecule has 1 aliphatic rings. The standard InChI is InChI=1S/C13H19NO3/c1-16-7-6-10-4-2-3-5-11(10)14-12-8-17-9-13(12)15/h2-5,12-15H,6-9H2,1H3. The summed E-state index contributed by atoms with van der Waals surface area (Å²) in [6, 6.07) is 8.08. The van der Waals surface area contributed by atoms with E-state index in [1.54, 1.807) is 7.11 Å². The van der Waals surface area contributed by atoms with Crippen LogP contribution in [0.3, 0.4) is 0 Å². The second-order valence-corrected chi connectivity index (χ2v) is 4.26. The van der Waals surface area contributed by atoms with E-state index >= 15 is 0 Å². The van der Waals surface area contributed by atoms with Crippen molar-refractivity contribution in [2.45, 2.75) is 18.6 Å². The molecule has 1 aromatic rings. The van der Waals surface area contributed by atoms with Crippen molar-refractivity contribution in [3.63, 3.8) is 0 Å². The summed E-state index contributed by atoms with van der Waals surface area (Å²) in [6.07, 6.45) is 0.439. The van der Waals surface area contributed by atoms with Gasteiger partial charge in [0.15, 0.2) is 0 Å². The monoisotopic (exact) mass is 237 g/mol. The Morgan fingerprint density at radius 1 is 1.41 bits per heavy atom. The molecule has 0 aliphatic carbocycles. The quantitative estimate of drug-likeness (QED) is 0.803. The summed E-state index contributed by atoms with van der Waals surface area (Å²) in [6.45, 7) is 1.67. The Bertz CT molecular complexity index is 356. The molecule has 0 saturated carbocycles. The van der Waals surface area contributed by atoms with Gasteiger partial charge in [-0.3, -0.25) is 0 Å². The smallest absolute Gasteiger partial charge is 0.0996 e. The molecule has 2 unspecified atom stereocenters. The molecule has 4 nitrogen and oxygen atoms in total. The molecule has 4 heteroatoms. The van der Waals surface area contributed by atoms with Crippen LogP contribution in [-0.2, 0) is 15.9 Å². The normalized spacial score (nSPS) is 23.9. The third-order valence-corrected chi connectivity index (χ3v) is 2.98. The van der Waals surface area contributed by atoms with E-state index in [9.17, 15) is 5.11 Å². The minimum absolute atomic E-state index is 0.0151. The van der Waals surface area contributed by atoms with Gasteiger partial charge in [-0.25, -0.2) is 0 Å². The number of ether oxygens (including phenoxy) is 2. The molecule has 0 aromatic heterocycles. The Hall–Kier alpha value is -1.10. The van der Waals surface area contributed by atoms with Crippen LogP contribution in [-0.4, -0.2) is 44.2 Å². The van der Waals surface area contributed by atoms with Gasteiger partial charge in [-0.05, 0) is 18.1 Å². The van der Waals surface area contributed by atoms with E-state index in [1.165, 1.54) is 5.56 Å². The molecule has 1 fully saturated rings. The lowest BCUT2D eigenvalue weighted by atomic mass is 10.1. The number of nitrogens with one attached hydrogen (secondary N) is 1. The molecule has 1 saturated heterocycles. The lowest BCUT2D eigenvalue weighted by molar-refractivity contribution is 0.125. The first-order valence-corrected chi connectivity index (χ1v) is 5.90. The van der Waals surface area contributed by atoms with E-state index in [4.69, 9.17) is 9.47 Å². The molecule has 17 heavy (non-hydrogen) atoms. The predicted molar refractivity (Wildman–Crippen MR) is 66.3 cm³/mol. The predicted octanol–water partition coefficient (Wildman–Crippen LogP) is 1.05. The van der Waals surface area contributed by atoms with Crippen molar-refractivity contribution in [1.82, 2.24) is 0 Å². The first kappa shape index (κ1) is 12.4. The summed E-state index contributed by atoms with van der Waals surface area (Å²) in [7, 11) is 1.70. The number of hydrogen-bond acceptors (Lipinski definition) is 4. The van der Waals surface area contributed by atoms with Crippen LogP contribution < -0.4 is 5.32 Å². The molecule has 1 aliphatic heterocycles. The molecule has 1 heterocycles. The molecule has 1 aromatic carbocycles. The minimum atomic E-state index is -0.425. The summed E-state index contributed by atoms with van der Waals surface area (Å²) in [5, 5.41) is 13.0. The van der Waals surface area contributed by atoms with Gasteiger partial charge < -0.3 is 19.9 Å². The van der Waals surface area contributed by atoms with E-state index in [1.807, 2.05) is 18.2 Å². The Morgan fingerprint density at radius 3 is 2.94 bits per heavy atom. The van der Waals surface area contributed by atoms with Crippen molar-refractivity contribution in [2.75, 3.05) is 32.2 Å².